The van der Waals surface area contributed by atoms with Crippen molar-refractivity contribution >= 4 is 28.4 Å². The lowest BCUT2D eigenvalue weighted by molar-refractivity contribution is -0.118. The van der Waals surface area contributed by atoms with Crippen LogP contribution in [0.25, 0.3) is 0 Å². The number of carbonyl (C=O) groups is 1. The highest BCUT2D eigenvalue weighted by molar-refractivity contribution is 8.69. The summed E-state index contributed by atoms with van der Waals surface area (Å²) in [7, 11) is 1.46. The minimum absolute atomic E-state index is 0.0537. The van der Waals surface area contributed by atoms with Crippen LogP contribution in [-0.2, 0) is 4.79 Å². The van der Waals surface area contributed by atoms with Gasteiger partial charge in [-0.1, -0.05) is 10.8 Å². The van der Waals surface area contributed by atoms with Gasteiger partial charge in [0, 0.05) is 11.2 Å². The maximum Gasteiger partial charge on any atom is 0.217 e. The molecule has 0 atom stereocenters. The van der Waals surface area contributed by atoms with E-state index in [1.54, 1.807) is 0 Å². The molecule has 2 N–H and O–H groups in total. The largest absolute Gasteiger partial charge is 0.370 e. The second-order valence-corrected chi connectivity index (χ2v) is 4.65. The molecule has 2 nitrogen and oxygen atoms in total. The molecule has 0 heterocycles. The van der Waals surface area contributed by atoms with E-state index in [2.05, 4.69) is 11.7 Å². The smallest absolute Gasteiger partial charge is 0.217 e. The number of thiol groups is 1. The van der Waals surface area contributed by atoms with Crippen molar-refractivity contribution in [1.82, 2.24) is 0 Å². The van der Waals surface area contributed by atoms with Gasteiger partial charge in [-0.25, -0.2) is 0 Å². The van der Waals surface area contributed by atoms with Gasteiger partial charge in [0.1, 0.15) is 0 Å². The summed E-state index contributed by atoms with van der Waals surface area (Å²) >= 11 is 4.07. The molecule has 0 spiro atoms. The van der Waals surface area contributed by atoms with Gasteiger partial charge < -0.3 is 5.73 Å². The third-order valence-corrected chi connectivity index (χ3v) is 3.40. The average molecular weight is 179 g/mol. The number of primary amides is 1. The molecule has 0 aromatic carbocycles. The molecule has 0 radical (unpaired) electrons. The van der Waals surface area contributed by atoms with Gasteiger partial charge in [0.25, 0.3) is 0 Å². The van der Waals surface area contributed by atoms with Crippen LogP contribution in [0.15, 0.2) is 0 Å². The van der Waals surface area contributed by atoms with Gasteiger partial charge in [0.05, 0.1) is 0 Å². The second-order valence-electron chi connectivity index (χ2n) is 2.82. The van der Waals surface area contributed by atoms with E-state index in [1.165, 1.54) is 10.8 Å². The monoisotopic (exact) mass is 179 g/mol. The van der Waals surface area contributed by atoms with Crippen LogP contribution in [0.3, 0.4) is 0 Å². The molecule has 10 heavy (non-hydrogen) atoms. The van der Waals surface area contributed by atoms with Crippen LogP contribution in [0.4, 0.5) is 0 Å². The normalized spacial score (nSPS) is 11.5. The number of carbonyl (C=O) groups excluding carboxylic acids is 1. The lowest BCUT2D eigenvalue weighted by Crippen LogP contribution is -2.18. The SMILES string of the molecule is CC(C)(CCC(N)=O)SS. The van der Waals surface area contributed by atoms with Crippen molar-refractivity contribution in [1.29, 1.82) is 0 Å². The molecule has 0 fully saturated rings. The Morgan fingerprint density at radius 2 is 2.20 bits per heavy atom. The minimum atomic E-state index is -0.240. The van der Waals surface area contributed by atoms with Crippen LogP contribution >= 0.6 is 22.5 Å². The van der Waals surface area contributed by atoms with E-state index >= 15 is 0 Å². The Hall–Kier alpha value is 0.170. The predicted octanol–water partition coefficient (Wildman–Crippen LogP) is 1.61. The molecule has 0 bridgehead atoms. The van der Waals surface area contributed by atoms with Crippen molar-refractivity contribution in [2.24, 2.45) is 5.73 Å². The number of rotatable bonds is 4. The summed E-state index contributed by atoms with van der Waals surface area (Å²) in [6.07, 6.45) is 1.23. The molecular weight excluding hydrogens is 166 g/mol. The van der Waals surface area contributed by atoms with Crippen LogP contribution in [0.5, 0.6) is 0 Å². The summed E-state index contributed by atoms with van der Waals surface area (Å²) in [5.74, 6) is -0.240. The van der Waals surface area contributed by atoms with Gasteiger partial charge in [0.15, 0.2) is 0 Å². The lowest BCUT2D eigenvalue weighted by atomic mass is 10.1. The summed E-state index contributed by atoms with van der Waals surface area (Å²) in [6, 6.07) is 0. The van der Waals surface area contributed by atoms with Crippen molar-refractivity contribution in [2.45, 2.75) is 31.4 Å². The maximum atomic E-state index is 10.3. The average Bonchev–Trinajstić information content (AvgIpc) is 1.85. The van der Waals surface area contributed by atoms with Crippen LogP contribution in [0, 0.1) is 0 Å². The van der Waals surface area contributed by atoms with Gasteiger partial charge in [-0.15, -0.1) is 11.7 Å². The molecule has 0 aliphatic heterocycles. The van der Waals surface area contributed by atoms with E-state index in [-0.39, 0.29) is 10.7 Å². The molecule has 0 aromatic heterocycles. The van der Waals surface area contributed by atoms with E-state index in [0.717, 1.165) is 6.42 Å². The van der Waals surface area contributed by atoms with E-state index in [1.807, 2.05) is 13.8 Å². The third kappa shape index (κ3) is 4.99. The topological polar surface area (TPSA) is 43.1 Å². The molecule has 0 unspecified atom stereocenters. The molecule has 60 valence electrons. The first kappa shape index (κ1) is 10.2. The lowest BCUT2D eigenvalue weighted by Gasteiger charge is -2.19. The molecule has 4 heteroatoms. The Balaban J connectivity index is 3.56. The Morgan fingerprint density at radius 1 is 1.70 bits per heavy atom. The van der Waals surface area contributed by atoms with E-state index < -0.39 is 0 Å². The highest BCUT2D eigenvalue weighted by atomic mass is 33.1. The summed E-state index contributed by atoms with van der Waals surface area (Å²) in [4.78, 5) is 10.3. The fourth-order valence-corrected chi connectivity index (χ4v) is 0.937. The summed E-state index contributed by atoms with van der Waals surface area (Å²) < 4.78 is 0.0537. The first-order chi connectivity index (χ1) is 4.48. The molecule has 0 aliphatic carbocycles. The van der Waals surface area contributed by atoms with E-state index in [0.29, 0.717) is 6.42 Å². The Labute approximate surface area is 70.7 Å². The Morgan fingerprint density at radius 3 is 2.50 bits per heavy atom. The Bertz CT molecular complexity index is 125. The zero-order valence-corrected chi connectivity index (χ0v) is 7.97. The van der Waals surface area contributed by atoms with Crippen molar-refractivity contribution < 1.29 is 4.79 Å². The standard InChI is InChI=1S/C6H13NOS2/c1-6(2,10-9)4-3-5(7)8/h9H,3-4H2,1-2H3,(H2,7,8). The van der Waals surface area contributed by atoms with E-state index in [9.17, 15) is 4.79 Å². The van der Waals surface area contributed by atoms with Gasteiger partial charge in [-0.3, -0.25) is 4.79 Å². The van der Waals surface area contributed by atoms with Crippen molar-refractivity contribution in [3.05, 3.63) is 0 Å². The number of hydrogen-bond acceptors (Lipinski definition) is 3. The van der Waals surface area contributed by atoms with Crippen LogP contribution in [-0.4, -0.2) is 10.7 Å². The molecule has 1 amide bonds. The fraction of sp³-hybridized carbons (Fsp3) is 0.833. The van der Waals surface area contributed by atoms with E-state index in [4.69, 9.17) is 5.73 Å². The number of nitrogens with two attached hydrogens (primary N) is 1. The molecule has 0 saturated heterocycles. The van der Waals surface area contributed by atoms with Crippen molar-refractivity contribution in [3.63, 3.8) is 0 Å². The molecule has 0 rings (SSSR count). The molecule has 0 aliphatic rings. The minimum Gasteiger partial charge on any atom is -0.370 e. The highest BCUT2D eigenvalue weighted by Crippen LogP contribution is 2.31. The molecule has 0 aromatic rings. The van der Waals surface area contributed by atoms with Crippen LogP contribution in [0.1, 0.15) is 26.7 Å². The first-order valence-electron chi connectivity index (χ1n) is 3.09. The predicted molar refractivity (Wildman–Crippen MR) is 49.1 cm³/mol. The van der Waals surface area contributed by atoms with Gasteiger partial charge in [-0.2, -0.15) is 0 Å². The van der Waals surface area contributed by atoms with Gasteiger partial charge in [0.2, 0.25) is 5.91 Å². The van der Waals surface area contributed by atoms with Crippen molar-refractivity contribution in [3.8, 4) is 0 Å². The zero-order chi connectivity index (χ0) is 8.20. The second kappa shape index (κ2) is 4.13. The Kier molecular flexibility index (Phi) is 4.20. The maximum absolute atomic E-state index is 10.3. The highest BCUT2D eigenvalue weighted by Gasteiger charge is 2.16. The quantitative estimate of drug-likeness (QED) is 0.508. The van der Waals surface area contributed by atoms with Crippen LogP contribution < -0.4 is 5.73 Å². The van der Waals surface area contributed by atoms with Crippen LogP contribution in [0.2, 0.25) is 0 Å². The molecular formula is C6H13NOS2. The summed E-state index contributed by atoms with van der Waals surface area (Å²) in [5, 5.41) is 0. The van der Waals surface area contributed by atoms with Gasteiger partial charge in [-0.05, 0) is 20.3 Å². The van der Waals surface area contributed by atoms with Gasteiger partial charge >= 0.3 is 0 Å². The first-order valence-corrected chi connectivity index (χ1v) is 4.96. The number of hydrogen-bond donors (Lipinski definition) is 2. The van der Waals surface area contributed by atoms with Crippen molar-refractivity contribution in [2.75, 3.05) is 0 Å². The third-order valence-electron chi connectivity index (χ3n) is 1.22. The molecule has 0 saturated carbocycles. The number of amides is 1. The summed E-state index contributed by atoms with van der Waals surface area (Å²) in [5.41, 5.74) is 4.98. The summed E-state index contributed by atoms with van der Waals surface area (Å²) in [6.45, 7) is 4.07. The fourth-order valence-electron chi connectivity index (χ4n) is 0.470. The zero-order valence-electron chi connectivity index (χ0n) is 6.26.